The van der Waals surface area contributed by atoms with Gasteiger partial charge in [0, 0.05) is 42.2 Å². The van der Waals surface area contributed by atoms with Crippen LogP contribution in [-0.2, 0) is 11.3 Å². The van der Waals surface area contributed by atoms with Gasteiger partial charge in [-0.05, 0) is 19.1 Å². The quantitative estimate of drug-likeness (QED) is 0.818. The molecule has 0 saturated carbocycles. The molecule has 0 bridgehead atoms. The average molecular weight is 244 g/mol. The van der Waals surface area contributed by atoms with Gasteiger partial charge in [0.15, 0.2) is 6.29 Å². The van der Waals surface area contributed by atoms with Gasteiger partial charge in [0.05, 0.1) is 0 Å². The molecule has 18 heavy (non-hydrogen) atoms. The number of aldehydes is 1. The van der Waals surface area contributed by atoms with Crippen LogP contribution in [0.1, 0.15) is 23.7 Å². The molecule has 0 radical (unpaired) electrons. The summed E-state index contributed by atoms with van der Waals surface area (Å²) in [4.78, 5) is 22.3. The molecule has 0 atom stereocenters. The highest BCUT2D eigenvalue weighted by molar-refractivity contribution is 5.97. The number of hydrogen-bond donors (Lipinski definition) is 1. The Balaban J connectivity index is 2.19. The Hall–Kier alpha value is -2.10. The fraction of sp³-hybridized carbons (Fsp3) is 0.286. The molecule has 0 aliphatic rings. The van der Waals surface area contributed by atoms with Crippen LogP contribution in [0.15, 0.2) is 30.5 Å². The molecule has 0 aliphatic heterocycles. The van der Waals surface area contributed by atoms with Gasteiger partial charge in [-0.3, -0.25) is 9.59 Å². The summed E-state index contributed by atoms with van der Waals surface area (Å²) in [5, 5.41) is 3.70. The number of amides is 1. The lowest BCUT2D eigenvalue weighted by atomic mass is 10.1. The first-order valence-electron chi connectivity index (χ1n) is 6.06. The molecule has 2 aromatic rings. The normalized spacial score (nSPS) is 10.5. The first-order valence-corrected chi connectivity index (χ1v) is 6.06. The molecule has 1 aromatic heterocycles. The van der Waals surface area contributed by atoms with Crippen molar-refractivity contribution in [3.05, 3.63) is 36.0 Å². The van der Waals surface area contributed by atoms with Crippen LogP contribution in [0.5, 0.6) is 0 Å². The number of fused-ring (bicyclic) bond motifs is 1. The van der Waals surface area contributed by atoms with E-state index >= 15 is 0 Å². The van der Waals surface area contributed by atoms with E-state index in [9.17, 15) is 9.59 Å². The van der Waals surface area contributed by atoms with Crippen molar-refractivity contribution in [3.63, 3.8) is 0 Å². The first kappa shape index (κ1) is 12.4. The predicted octanol–water partition coefficient (Wildman–Crippen LogP) is 1.98. The number of aromatic nitrogens is 1. The monoisotopic (exact) mass is 244 g/mol. The van der Waals surface area contributed by atoms with E-state index in [4.69, 9.17) is 0 Å². The van der Waals surface area contributed by atoms with Crippen LogP contribution in [0, 0.1) is 0 Å². The molecule has 0 saturated heterocycles. The number of nitrogens with one attached hydrogen (secondary N) is 1. The van der Waals surface area contributed by atoms with Gasteiger partial charge < -0.3 is 9.88 Å². The molecule has 94 valence electrons. The average Bonchev–Trinajstić information content (AvgIpc) is 2.79. The molecule has 1 amide bonds. The summed E-state index contributed by atoms with van der Waals surface area (Å²) in [6.07, 6.45) is 3.22. The topological polar surface area (TPSA) is 51.1 Å². The zero-order valence-electron chi connectivity index (χ0n) is 10.3. The van der Waals surface area contributed by atoms with Gasteiger partial charge >= 0.3 is 0 Å². The van der Waals surface area contributed by atoms with Crippen LogP contribution in [0.3, 0.4) is 0 Å². The maximum Gasteiger partial charge on any atom is 0.221 e. The summed E-state index contributed by atoms with van der Waals surface area (Å²) in [5.74, 6) is 0.0471. The number of aryl methyl sites for hydroxylation is 1. The van der Waals surface area contributed by atoms with Crippen LogP contribution in [0.25, 0.3) is 10.9 Å². The van der Waals surface area contributed by atoms with E-state index in [2.05, 4.69) is 5.32 Å². The van der Waals surface area contributed by atoms with Gasteiger partial charge in [0.1, 0.15) is 0 Å². The Bertz CT molecular complexity index is 572. The summed E-state index contributed by atoms with van der Waals surface area (Å²) >= 11 is 0. The second kappa shape index (κ2) is 5.49. The largest absolute Gasteiger partial charge is 0.356 e. The molecule has 4 heteroatoms. The third kappa shape index (κ3) is 2.42. The molecule has 0 fully saturated rings. The maximum absolute atomic E-state index is 11.4. The van der Waals surface area contributed by atoms with Crippen LogP contribution in [0.2, 0.25) is 0 Å². The van der Waals surface area contributed by atoms with Crippen molar-refractivity contribution in [2.45, 2.75) is 19.9 Å². The number of carbonyl (C=O) groups is 2. The fourth-order valence-corrected chi connectivity index (χ4v) is 2.05. The summed E-state index contributed by atoms with van der Waals surface area (Å²) in [7, 11) is 0. The SMILES string of the molecule is CCNC(=O)CCn1ccc2c(C=O)cccc21. The van der Waals surface area contributed by atoms with E-state index < -0.39 is 0 Å². The Labute approximate surface area is 106 Å². The lowest BCUT2D eigenvalue weighted by Gasteiger charge is -2.06. The molecule has 1 N–H and O–H groups in total. The van der Waals surface area contributed by atoms with Gasteiger partial charge in [-0.25, -0.2) is 0 Å². The molecule has 0 spiro atoms. The minimum Gasteiger partial charge on any atom is -0.356 e. The van der Waals surface area contributed by atoms with E-state index in [0.717, 1.165) is 17.2 Å². The van der Waals surface area contributed by atoms with E-state index in [1.54, 1.807) is 6.07 Å². The highest BCUT2D eigenvalue weighted by atomic mass is 16.1. The van der Waals surface area contributed by atoms with Crippen molar-refractivity contribution in [3.8, 4) is 0 Å². The van der Waals surface area contributed by atoms with Crippen molar-refractivity contribution in [2.75, 3.05) is 6.54 Å². The zero-order chi connectivity index (χ0) is 13.0. The van der Waals surface area contributed by atoms with E-state index in [0.29, 0.717) is 25.1 Å². The lowest BCUT2D eigenvalue weighted by molar-refractivity contribution is -0.121. The summed E-state index contributed by atoms with van der Waals surface area (Å²) < 4.78 is 2.00. The minimum atomic E-state index is 0.0471. The summed E-state index contributed by atoms with van der Waals surface area (Å²) in [6.45, 7) is 3.18. The van der Waals surface area contributed by atoms with E-state index in [-0.39, 0.29) is 5.91 Å². The number of benzene rings is 1. The Kier molecular flexibility index (Phi) is 3.77. The highest BCUT2D eigenvalue weighted by Gasteiger charge is 2.06. The molecule has 0 unspecified atom stereocenters. The smallest absolute Gasteiger partial charge is 0.221 e. The van der Waals surface area contributed by atoms with E-state index in [1.807, 2.05) is 35.9 Å². The lowest BCUT2D eigenvalue weighted by Crippen LogP contribution is -2.23. The van der Waals surface area contributed by atoms with Crippen molar-refractivity contribution in [2.24, 2.45) is 0 Å². The van der Waals surface area contributed by atoms with Gasteiger partial charge in [0.2, 0.25) is 5.91 Å². The molecule has 2 rings (SSSR count). The van der Waals surface area contributed by atoms with Crippen LogP contribution >= 0.6 is 0 Å². The van der Waals surface area contributed by atoms with Gasteiger partial charge in [-0.2, -0.15) is 0 Å². The van der Waals surface area contributed by atoms with Gasteiger partial charge in [-0.1, -0.05) is 12.1 Å². The minimum absolute atomic E-state index is 0.0471. The van der Waals surface area contributed by atoms with E-state index in [1.165, 1.54) is 0 Å². The molecule has 0 aliphatic carbocycles. The number of rotatable bonds is 5. The number of nitrogens with zero attached hydrogens (tertiary/aromatic N) is 1. The molecule has 1 aromatic carbocycles. The van der Waals surface area contributed by atoms with Crippen molar-refractivity contribution in [1.29, 1.82) is 0 Å². The third-order valence-electron chi connectivity index (χ3n) is 2.93. The zero-order valence-corrected chi connectivity index (χ0v) is 10.3. The van der Waals surface area contributed by atoms with Gasteiger partial charge in [0.25, 0.3) is 0 Å². The fourth-order valence-electron chi connectivity index (χ4n) is 2.05. The standard InChI is InChI=1S/C14H16N2O2/c1-2-15-14(18)7-9-16-8-6-12-11(10-17)4-3-5-13(12)16/h3-6,8,10H,2,7,9H2,1H3,(H,15,18). The second-order valence-corrected chi connectivity index (χ2v) is 4.11. The number of carbonyl (C=O) groups excluding carboxylic acids is 2. The summed E-state index contributed by atoms with van der Waals surface area (Å²) in [5.41, 5.74) is 1.67. The molecule has 4 nitrogen and oxygen atoms in total. The summed E-state index contributed by atoms with van der Waals surface area (Å²) in [6, 6.07) is 7.52. The maximum atomic E-state index is 11.4. The molecular weight excluding hydrogens is 228 g/mol. The Morgan fingerprint density at radius 1 is 1.39 bits per heavy atom. The van der Waals surface area contributed by atoms with Crippen molar-refractivity contribution < 1.29 is 9.59 Å². The van der Waals surface area contributed by atoms with Crippen molar-refractivity contribution >= 4 is 23.1 Å². The first-order chi connectivity index (χ1) is 8.76. The van der Waals surface area contributed by atoms with Crippen LogP contribution in [0.4, 0.5) is 0 Å². The third-order valence-corrected chi connectivity index (χ3v) is 2.93. The second-order valence-electron chi connectivity index (χ2n) is 4.11. The molecule has 1 heterocycles. The Morgan fingerprint density at radius 3 is 2.94 bits per heavy atom. The highest BCUT2D eigenvalue weighted by Crippen LogP contribution is 2.19. The predicted molar refractivity (Wildman–Crippen MR) is 70.6 cm³/mol. The van der Waals surface area contributed by atoms with Gasteiger partial charge in [-0.15, -0.1) is 0 Å². The Morgan fingerprint density at radius 2 is 2.22 bits per heavy atom. The van der Waals surface area contributed by atoms with Crippen LogP contribution < -0.4 is 5.32 Å². The molecular formula is C14H16N2O2. The number of hydrogen-bond acceptors (Lipinski definition) is 2. The van der Waals surface area contributed by atoms with Crippen LogP contribution in [-0.4, -0.2) is 23.3 Å². The van der Waals surface area contributed by atoms with Crippen molar-refractivity contribution in [1.82, 2.24) is 9.88 Å².